The first kappa shape index (κ1) is 9.36. The van der Waals surface area contributed by atoms with Crippen LogP contribution < -0.4 is 0 Å². The van der Waals surface area contributed by atoms with Crippen molar-refractivity contribution in [3.8, 4) is 11.5 Å². The van der Waals surface area contributed by atoms with E-state index < -0.39 is 0 Å². The van der Waals surface area contributed by atoms with Crippen molar-refractivity contribution < 1.29 is 4.42 Å². The molecule has 0 aliphatic carbocycles. The van der Waals surface area contributed by atoms with Gasteiger partial charge in [-0.1, -0.05) is 23.7 Å². The van der Waals surface area contributed by atoms with Crippen molar-refractivity contribution in [3.63, 3.8) is 0 Å². The van der Waals surface area contributed by atoms with Crippen molar-refractivity contribution in [1.29, 1.82) is 0 Å². The molecule has 3 nitrogen and oxygen atoms in total. The molecule has 0 atom stereocenters. The highest BCUT2D eigenvalue weighted by Gasteiger charge is 2.10. The molecule has 0 saturated heterocycles. The summed E-state index contributed by atoms with van der Waals surface area (Å²) in [7, 11) is 0. The molecule has 16 heavy (non-hydrogen) atoms. The summed E-state index contributed by atoms with van der Waals surface area (Å²) in [6, 6.07) is 11.2. The van der Waals surface area contributed by atoms with Gasteiger partial charge in [-0.15, -0.1) is 0 Å². The Morgan fingerprint density at radius 2 is 1.94 bits per heavy atom. The topological polar surface area (TPSA) is 38.9 Å². The molecular weight excluding hydrogens is 224 g/mol. The van der Waals surface area contributed by atoms with Gasteiger partial charge in [-0.05, 0) is 24.3 Å². The first-order valence-corrected chi connectivity index (χ1v) is 5.19. The average Bonchev–Trinajstić information content (AvgIpc) is 2.73. The Kier molecular flexibility index (Phi) is 2.11. The van der Waals surface area contributed by atoms with E-state index in [2.05, 4.69) is 9.97 Å². The molecule has 78 valence electrons. The van der Waals surface area contributed by atoms with Gasteiger partial charge in [0.25, 0.3) is 0 Å². The fraction of sp³-hybridized carbons (Fsp3) is 0. The number of benzene rings is 1. The number of hydrogen-bond acceptors (Lipinski definition) is 3. The number of aromatic nitrogens is 2. The van der Waals surface area contributed by atoms with Gasteiger partial charge in [0, 0.05) is 6.20 Å². The second kappa shape index (κ2) is 3.61. The fourth-order valence-corrected chi connectivity index (χ4v) is 1.73. The van der Waals surface area contributed by atoms with Crippen LogP contribution in [0, 0.1) is 0 Å². The van der Waals surface area contributed by atoms with E-state index in [1.807, 2.05) is 30.3 Å². The zero-order valence-electron chi connectivity index (χ0n) is 8.22. The van der Waals surface area contributed by atoms with Crippen molar-refractivity contribution in [1.82, 2.24) is 9.97 Å². The van der Waals surface area contributed by atoms with Gasteiger partial charge >= 0.3 is 0 Å². The van der Waals surface area contributed by atoms with Gasteiger partial charge in [-0.2, -0.15) is 0 Å². The van der Waals surface area contributed by atoms with E-state index >= 15 is 0 Å². The van der Waals surface area contributed by atoms with E-state index in [9.17, 15) is 0 Å². The molecule has 0 N–H and O–H groups in total. The van der Waals surface area contributed by atoms with Crippen LogP contribution >= 0.6 is 11.6 Å². The number of nitrogens with zero attached hydrogens (tertiary/aromatic N) is 2. The normalized spacial score (nSPS) is 10.8. The number of pyridine rings is 1. The number of oxazole rings is 1. The van der Waals surface area contributed by atoms with Crippen molar-refractivity contribution in [2.24, 2.45) is 0 Å². The summed E-state index contributed by atoms with van der Waals surface area (Å²) in [4.78, 5) is 8.34. The largest absolute Gasteiger partial charge is 0.436 e. The Balaban J connectivity index is 2.23. The highest BCUT2D eigenvalue weighted by atomic mass is 35.5. The van der Waals surface area contributed by atoms with Crippen LogP contribution in [0.5, 0.6) is 0 Å². The highest BCUT2D eigenvalue weighted by molar-refractivity contribution is 6.31. The number of hydrogen-bond donors (Lipinski definition) is 0. The van der Waals surface area contributed by atoms with Crippen molar-refractivity contribution in [2.45, 2.75) is 0 Å². The minimum atomic E-state index is 0.397. The third-order valence-corrected chi connectivity index (χ3v) is 2.58. The molecule has 4 heteroatoms. The summed E-state index contributed by atoms with van der Waals surface area (Å²) in [5.74, 6) is 0.499. The maximum Gasteiger partial charge on any atom is 0.230 e. The molecule has 2 heterocycles. The molecule has 3 rings (SSSR count). The Morgan fingerprint density at radius 1 is 1.06 bits per heavy atom. The third-order valence-electron chi connectivity index (χ3n) is 2.28. The molecule has 0 saturated carbocycles. The van der Waals surface area contributed by atoms with Crippen LogP contribution in [-0.2, 0) is 0 Å². The summed E-state index contributed by atoms with van der Waals surface area (Å²) < 4.78 is 5.60. The van der Waals surface area contributed by atoms with Crippen LogP contribution in [0.15, 0.2) is 47.0 Å². The maximum absolute atomic E-state index is 5.98. The van der Waals surface area contributed by atoms with E-state index in [0.29, 0.717) is 16.6 Å². The van der Waals surface area contributed by atoms with E-state index in [-0.39, 0.29) is 0 Å². The Hall–Kier alpha value is -1.87. The Morgan fingerprint density at radius 3 is 2.75 bits per heavy atom. The van der Waals surface area contributed by atoms with E-state index in [1.165, 1.54) is 0 Å². The van der Waals surface area contributed by atoms with Crippen LogP contribution in [-0.4, -0.2) is 9.97 Å². The van der Waals surface area contributed by atoms with E-state index in [4.69, 9.17) is 16.0 Å². The van der Waals surface area contributed by atoms with Gasteiger partial charge in [0.15, 0.2) is 5.58 Å². The fourth-order valence-electron chi connectivity index (χ4n) is 1.53. The summed E-state index contributed by atoms with van der Waals surface area (Å²) in [5, 5.41) is 0.397. The lowest BCUT2D eigenvalue weighted by Gasteiger charge is -1.95. The summed E-state index contributed by atoms with van der Waals surface area (Å²) in [5.41, 5.74) is 2.27. The molecule has 0 aliphatic heterocycles. The standard InChI is InChI=1S/C12H7ClN2O/c13-11-8(4-3-7-14-11)12-15-9-5-1-2-6-10(9)16-12/h1-7H. The SMILES string of the molecule is Clc1ncccc1-c1nc2ccccc2o1. The summed E-state index contributed by atoms with van der Waals surface area (Å²) in [6.45, 7) is 0. The molecule has 0 spiro atoms. The first-order chi connectivity index (χ1) is 7.84. The maximum atomic E-state index is 5.98. The number of halogens is 1. The third kappa shape index (κ3) is 1.46. The number of para-hydroxylation sites is 2. The van der Waals surface area contributed by atoms with Gasteiger partial charge in [0.1, 0.15) is 10.7 Å². The van der Waals surface area contributed by atoms with Gasteiger partial charge in [-0.3, -0.25) is 0 Å². The molecular formula is C12H7ClN2O. The van der Waals surface area contributed by atoms with Gasteiger partial charge in [0.05, 0.1) is 5.56 Å². The lowest BCUT2D eigenvalue weighted by atomic mass is 10.3. The average molecular weight is 231 g/mol. The molecule has 0 fully saturated rings. The molecule has 0 unspecified atom stereocenters. The number of fused-ring (bicyclic) bond motifs is 1. The first-order valence-electron chi connectivity index (χ1n) is 4.81. The van der Waals surface area contributed by atoms with Gasteiger partial charge in [-0.25, -0.2) is 9.97 Å². The van der Waals surface area contributed by atoms with E-state index in [0.717, 1.165) is 11.1 Å². The Bertz CT molecular complexity index is 615. The van der Waals surface area contributed by atoms with E-state index in [1.54, 1.807) is 12.3 Å². The van der Waals surface area contributed by atoms with Gasteiger partial charge < -0.3 is 4.42 Å². The molecule has 0 aliphatic rings. The second-order valence-corrected chi connectivity index (χ2v) is 3.69. The quantitative estimate of drug-likeness (QED) is 0.600. The molecule has 0 bridgehead atoms. The molecule has 0 amide bonds. The number of rotatable bonds is 1. The predicted molar refractivity (Wildman–Crippen MR) is 62.3 cm³/mol. The zero-order chi connectivity index (χ0) is 11.0. The van der Waals surface area contributed by atoms with Crippen molar-refractivity contribution in [3.05, 3.63) is 47.7 Å². The van der Waals surface area contributed by atoms with Crippen LogP contribution in [0.3, 0.4) is 0 Å². The van der Waals surface area contributed by atoms with Crippen molar-refractivity contribution in [2.75, 3.05) is 0 Å². The smallest absolute Gasteiger partial charge is 0.230 e. The van der Waals surface area contributed by atoms with Crippen LogP contribution in [0.2, 0.25) is 5.15 Å². The molecule has 3 aromatic rings. The minimum absolute atomic E-state index is 0.397. The summed E-state index contributed by atoms with van der Waals surface area (Å²) >= 11 is 5.98. The van der Waals surface area contributed by atoms with Crippen LogP contribution in [0.25, 0.3) is 22.6 Å². The predicted octanol–water partition coefficient (Wildman–Crippen LogP) is 3.54. The van der Waals surface area contributed by atoms with Crippen LogP contribution in [0.4, 0.5) is 0 Å². The molecule has 0 radical (unpaired) electrons. The Labute approximate surface area is 96.7 Å². The molecule has 1 aromatic carbocycles. The van der Waals surface area contributed by atoms with Crippen LogP contribution in [0.1, 0.15) is 0 Å². The minimum Gasteiger partial charge on any atom is -0.436 e. The zero-order valence-corrected chi connectivity index (χ0v) is 8.98. The highest BCUT2D eigenvalue weighted by Crippen LogP contribution is 2.27. The van der Waals surface area contributed by atoms with Gasteiger partial charge in [0.2, 0.25) is 5.89 Å². The monoisotopic (exact) mass is 230 g/mol. The molecule has 2 aromatic heterocycles. The lowest BCUT2D eigenvalue weighted by molar-refractivity contribution is 0.619. The second-order valence-electron chi connectivity index (χ2n) is 3.33. The lowest BCUT2D eigenvalue weighted by Crippen LogP contribution is -1.81. The summed E-state index contributed by atoms with van der Waals surface area (Å²) in [6.07, 6.45) is 1.63. The van der Waals surface area contributed by atoms with Crippen molar-refractivity contribution >= 4 is 22.7 Å².